The SMILES string of the molecule is C[C@H](Sc1nnnn1CCc1cccs1)C(=O)N1c2ccccc2C[C@H]1C. The van der Waals surface area contributed by atoms with Crippen molar-refractivity contribution in [3.05, 3.63) is 52.2 Å². The quantitative estimate of drug-likeness (QED) is 0.594. The molecule has 2 aromatic heterocycles. The molecule has 0 aliphatic carbocycles. The number of anilines is 1. The van der Waals surface area contributed by atoms with E-state index in [0.717, 1.165) is 18.5 Å². The van der Waals surface area contributed by atoms with Gasteiger partial charge in [0, 0.05) is 23.0 Å². The molecule has 8 heteroatoms. The molecule has 0 unspecified atom stereocenters. The van der Waals surface area contributed by atoms with Crippen LogP contribution in [0.3, 0.4) is 0 Å². The normalized spacial score (nSPS) is 17.1. The molecule has 4 rings (SSSR count). The van der Waals surface area contributed by atoms with Crippen molar-refractivity contribution in [1.82, 2.24) is 20.2 Å². The summed E-state index contributed by atoms with van der Waals surface area (Å²) in [6.45, 7) is 4.74. The lowest BCUT2D eigenvalue weighted by atomic mass is 10.1. The van der Waals surface area contributed by atoms with Crippen molar-refractivity contribution in [2.45, 2.75) is 49.7 Å². The first kappa shape index (κ1) is 18.2. The van der Waals surface area contributed by atoms with Crippen molar-refractivity contribution in [2.75, 3.05) is 4.90 Å². The zero-order valence-corrected chi connectivity index (χ0v) is 16.9. The van der Waals surface area contributed by atoms with E-state index in [1.807, 2.05) is 36.1 Å². The Balaban J connectivity index is 1.44. The Labute approximate surface area is 166 Å². The van der Waals surface area contributed by atoms with E-state index in [1.165, 1.54) is 22.2 Å². The van der Waals surface area contributed by atoms with Gasteiger partial charge in [0.1, 0.15) is 0 Å². The van der Waals surface area contributed by atoms with Crippen LogP contribution >= 0.6 is 23.1 Å². The van der Waals surface area contributed by atoms with Crippen LogP contribution in [0.15, 0.2) is 46.9 Å². The third kappa shape index (κ3) is 3.77. The van der Waals surface area contributed by atoms with Gasteiger partial charge in [0.25, 0.3) is 0 Å². The van der Waals surface area contributed by atoms with E-state index in [4.69, 9.17) is 0 Å². The van der Waals surface area contributed by atoms with Crippen molar-refractivity contribution in [1.29, 1.82) is 0 Å². The lowest BCUT2D eigenvalue weighted by Gasteiger charge is -2.25. The number of benzene rings is 1. The molecule has 27 heavy (non-hydrogen) atoms. The van der Waals surface area contributed by atoms with Crippen molar-refractivity contribution in [3.63, 3.8) is 0 Å². The Morgan fingerprint density at radius 1 is 1.33 bits per heavy atom. The fourth-order valence-corrected chi connectivity index (χ4v) is 4.96. The van der Waals surface area contributed by atoms with Gasteiger partial charge in [-0.1, -0.05) is 36.0 Å². The van der Waals surface area contributed by atoms with Crippen LogP contribution in [0.5, 0.6) is 0 Å². The summed E-state index contributed by atoms with van der Waals surface area (Å²) in [6, 6.07) is 12.5. The molecule has 1 amide bonds. The molecule has 3 aromatic rings. The van der Waals surface area contributed by atoms with Gasteiger partial charge in [0.2, 0.25) is 11.1 Å². The number of nitrogens with zero attached hydrogens (tertiary/aromatic N) is 5. The molecule has 3 heterocycles. The lowest BCUT2D eigenvalue weighted by molar-refractivity contribution is -0.118. The van der Waals surface area contributed by atoms with Crippen LogP contribution < -0.4 is 4.90 Å². The van der Waals surface area contributed by atoms with Gasteiger partial charge in [-0.25, -0.2) is 4.68 Å². The van der Waals surface area contributed by atoms with Crippen molar-refractivity contribution < 1.29 is 4.79 Å². The van der Waals surface area contributed by atoms with E-state index in [2.05, 4.69) is 40.0 Å². The molecule has 0 spiro atoms. The summed E-state index contributed by atoms with van der Waals surface area (Å²) in [4.78, 5) is 16.4. The van der Waals surface area contributed by atoms with Gasteiger partial charge < -0.3 is 4.90 Å². The highest BCUT2D eigenvalue weighted by atomic mass is 32.2. The molecule has 0 N–H and O–H groups in total. The number of carbonyl (C=O) groups excluding carboxylic acids is 1. The smallest absolute Gasteiger partial charge is 0.240 e. The average Bonchev–Trinajstić information content (AvgIpc) is 3.38. The molecule has 0 radical (unpaired) electrons. The first-order valence-electron chi connectivity index (χ1n) is 8.99. The maximum Gasteiger partial charge on any atom is 0.240 e. The zero-order chi connectivity index (χ0) is 18.8. The highest BCUT2D eigenvalue weighted by Crippen LogP contribution is 2.34. The Kier molecular flexibility index (Phi) is 5.27. The fraction of sp³-hybridized carbons (Fsp3) is 0.368. The molecule has 2 atom stereocenters. The third-order valence-electron chi connectivity index (χ3n) is 4.72. The summed E-state index contributed by atoms with van der Waals surface area (Å²) >= 11 is 3.16. The number of hydrogen-bond acceptors (Lipinski definition) is 6. The van der Waals surface area contributed by atoms with E-state index >= 15 is 0 Å². The third-order valence-corrected chi connectivity index (χ3v) is 6.72. The number of amides is 1. The monoisotopic (exact) mass is 399 g/mol. The molecule has 140 valence electrons. The number of thiophene rings is 1. The minimum atomic E-state index is -0.259. The number of fused-ring (bicyclic) bond motifs is 1. The maximum absolute atomic E-state index is 13.1. The van der Waals surface area contributed by atoms with Gasteiger partial charge in [0.05, 0.1) is 11.8 Å². The number of hydrogen-bond donors (Lipinski definition) is 0. The van der Waals surface area contributed by atoms with Gasteiger partial charge in [0.15, 0.2) is 0 Å². The highest BCUT2D eigenvalue weighted by molar-refractivity contribution is 8.00. The lowest BCUT2D eigenvalue weighted by Crippen LogP contribution is -2.40. The minimum absolute atomic E-state index is 0.102. The molecule has 0 fully saturated rings. The van der Waals surface area contributed by atoms with Gasteiger partial charge in [-0.2, -0.15) is 0 Å². The second-order valence-corrected chi connectivity index (χ2v) is 9.00. The van der Waals surface area contributed by atoms with Crippen molar-refractivity contribution in [3.8, 4) is 0 Å². The summed E-state index contributed by atoms with van der Waals surface area (Å²) < 4.78 is 1.79. The van der Waals surface area contributed by atoms with Crippen LogP contribution in [0.25, 0.3) is 0 Å². The Morgan fingerprint density at radius 3 is 3.00 bits per heavy atom. The van der Waals surface area contributed by atoms with Crippen molar-refractivity contribution >= 4 is 34.7 Å². The number of para-hydroxylation sites is 1. The molecule has 1 aliphatic heterocycles. The molecule has 0 saturated heterocycles. The zero-order valence-electron chi connectivity index (χ0n) is 15.3. The van der Waals surface area contributed by atoms with E-state index in [0.29, 0.717) is 11.7 Å². The van der Waals surface area contributed by atoms with Gasteiger partial charge in [-0.15, -0.1) is 16.4 Å². The molecule has 0 saturated carbocycles. The number of aryl methyl sites for hydroxylation is 2. The summed E-state index contributed by atoms with van der Waals surface area (Å²) in [5.41, 5.74) is 2.26. The number of carbonyl (C=O) groups is 1. The Hall–Kier alpha value is -2.19. The first-order valence-corrected chi connectivity index (χ1v) is 10.8. The standard InChI is InChI=1S/C19H21N5OS2/c1-13-12-15-6-3-4-8-17(15)24(13)18(25)14(2)27-19-20-21-22-23(19)10-9-16-7-5-11-26-16/h3-8,11,13-14H,9-10,12H2,1-2H3/t13-,14+/m1/s1. The van der Waals surface area contributed by atoms with Gasteiger partial charge in [-0.05, 0) is 53.8 Å². The van der Waals surface area contributed by atoms with Gasteiger partial charge >= 0.3 is 0 Å². The van der Waals surface area contributed by atoms with Crippen LogP contribution in [0, 0.1) is 0 Å². The second-order valence-electron chi connectivity index (χ2n) is 6.66. The van der Waals surface area contributed by atoms with Crippen LogP contribution in [0.1, 0.15) is 24.3 Å². The van der Waals surface area contributed by atoms with E-state index in [1.54, 1.807) is 16.0 Å². The molecule has 6 nitrogen and oxygen atoms in total. The average molecular weight is 400 g/mol. The maximum atomic E-state index is 13.1. The highest BCUT2D eigenvalue weighted by Gasteiger charge is 2.33. The molecule has 1 aliphatic rings. The van der Waals surface area contributed by atoms with E-state index in [9.17, 15) is 4.79 Å². The molecule has 0 bridgehead atoms. The number of tetrazole rings is 1. The Bertz CT molecular complexity index is 924. The summed E-state index contributed by atoms with van der Waals surface area (Å²) in [5.74, 6) is 0.102. The number of thioether (sulfide) groups is 1. The Morgan fingerprint density at radius 2 is 2.19 bits per heavy atom. The predicted molar refractivity (Wildman–Crippen MR) is 108 cm³/mol. The molecule has 1 aromatic carbocycles. The first-order chi connectivity index (χ1) is 13.1. The van der Waals surface area contributed by atoms with Crippen LogP contribution in [-0.2, 0) is 24.2 Å². The fourth-order valence-electron chi connectivity index (χ4n) is 3.40. The van der Waals surface area contributed by atoms with E-state index < -0.39 is 0 Å². The van der Waals surface area contributed by atoms with Crippen LogP contribution in [0.4, 0.5) is 5.69 Å². The molecular formula is C19H21N5OS2. The largest absolute Gasteiger partial charge is 0.308 e. The topological polar surface area (TPSA) is 63.9 Å². The summed E-state index contributed by atoms with van der Waals surface area (Å²) in [6.07, 6.45) is 1.78. The summed E-state index contributed by atoms with van der Waals surface area (Å²) in [5, 5.41) is 14.5. The summed E-state index contributed by atoms with van der Waals surface area (Å²) in [7, 11) is 0. The number of aromatic nitrogens is 4. The van der Waals surface area contributed by atoms with E-state index in [-0.39, 0.29) is 17.2 Å². The van der Waals surface area contributed by atoms with Crippen molar-refractivity contribution in [2.24, 2.45) is 0 Å². The second kappa shape index (κ2) is 7.82. The van der Waals surface area contributed by atoms with Gasteiger partial charge in [-0.3, -0.25) is 4.79 Å². The van der Waals surface area contributed by atoms with Crippen LogP contribution in [-0.4, -0.2) is 37.4 Å². The minimum Gasteiger partial charge on any atom is -0.308 e. The predicted octanol–water partition coefficient (Wildman–Crippen LogP) is 3.44. The molecular weight excluding hydrogens is 378 g/mol. The van der Waals surface area contributed by atoms with Crippen LogP contribution in [0.2, 0.25) is 0 Å². The number of rotatable bonds is 6.